The molecule has 0 radical (unpaired) electrons. The van der Waals surface area contributed by atoms with Crippen LogP contribution in [0.25, 0.3) is 0 Å². The first kappa shape index (κ1) is 6.53. The lowest BCUT2D eigenvalue weighted by Gasteiger charge is -2.25. The van der Waals surface area contributed by atoms with E-state index >= 15 is 0 Å². The van der Waals surface area contributed by atoms with Gasteiger partial charge < -0.3 is 10.2 Å². The molecule has 0 aliphatic carbocycles. The van der Waals surface area contributed by atoms with E-state index in [1.807, 2.05) is 0 Å². The van der Waals surface area contributed by atoms with E-state index in [2.05, 4.69) is 30.8 Å². The maximum atomic E-state index is 3.89. The van der Waals surface area contributed by atoms with E-state index < -0.39 is 0 Å². The molecule has 0 saturated carbocycles. The van der Waals surface area contributed by atoms with Crippen molar-refractivity contribution in [3.05, 3.63) is 0 Å². The summed E-state index contributed by atoms with van der Waals surface area (Å²) in [7, 11) is 0. The van der Waals surface area contributed by atoms with Crippen molar-refractivity contribution in [3.63, 3.8) is 0 Å². The second kappa shape index (κ2) is 2.83. The summed E-state index contributed by atoms with van der Waals surface area (Å²) in [6.07, 6.45) is 0. The van der Waals surface area contributed by atoms with Crippen LogP contribution in [0.5, 0.6) is 0 Å². The average Bonchev–Trinajstić information content (AvgIpc) is 2.58. The number of nitrogens with one attached hydrogen (secondary N) is 2. The molecule has 6 heteroatoms. The number of piperazine rings is 1. The van der Waals surface area contributed by atoms with Crippen molar-refractivity contribution in [2.24, 2.45) is 0 Å². The lowest BCUT2D eigenvalue weighted by molar-refractivity contribution is 0.580. The Hall–Kier alpha value is -1.17. The van der Waals surface area contributed by atoms with Gasteiger partial charge in [0.15, 0.2) is 0 Å². The molecule has 60 valence electrons. The molecule has 0 bridgehead atoms. The summed E-state index contributed by atoms with van der Waals surface area (Å²) in [6, 6.07) is 0. The van der Waals surface area contributed by atoms with E-state index in [9.17, 15) is 0 Å². The van der Waals surface area contributed by atoms with E-state index in [-0.39, 0.29) is 0 Å². The second-order valence-corrected chi connectivity index (χ2v) is 2.45. The SMILES string of the molecule is C1CN(c2nn[nH]n2)CCN1. The first-order chi connectivity index (χ1) is 5.47. The Balaban J connectivity index is 2.04. The van der Waals surface area contributed by atoms with E-state index in [4.69, 9.17) is 0 Å². The van der Waals surface area contributed by atoms with E-state index in [0.717, 1.165) is 26.2 Å². The van der Waals surface area contributed by atoms with Gasteiger partial charge in [0.25, 0.3) is 5.95 Å². The molecule has 11 heavy (non-hydrogen) atoms. The van der Waals surface area contributed by atoms with E-state index in [1.54, 1.807) is 0 Å². The molecule has 1 saturated heterocycles. The number of tetrazole rings is 1. The molecular weight excluding hydrogens is 144 g/mol. The Morgan fingerprint density at radius 1 is 1.27 bits per heavy atom. The van der Waals surface area contributed by atoms with Crippen molar-refractivity contribution in [2.75, 3.05) is 31.1 Å². The first-order valence-corrected chi connectivity index (χ1v) is 3.66. The molecule has 2 heterocycles. The number of H-pyrrole nitrogens is 1. The zero-order chi connectivity index (χ0) is 7.52. The van der Waals surface area contributed by atoms with Crippen molar-refractivity contribution < 1.29 is 0 Å². The molecule has 1 fully saturated rings. The molecule has 1 aromatic rings. The first-order valence-electron chi connectivity index (χ1n) is 3.66. The van der Waals surface area contributed by atoms with Crippen LogP contribution in [0.1, 0.15) is 0 Å². The zero-order valence-electron chi connectivity index (χ0n) is 6.12. The Morgan fingerprint density at radius 2 is 2.09 bits per heavy atom. The van der Waals surface area contributed by atoms with Crippen molar-refractivity contribution in [1.82, 2.24) is 25.9 Å². The van der Waals surface area contributed by atoms with E-state index in [0.29, 0.717) is 5.95 Å². The molecule has 1 aromatic heterocycles. The number of anilines is 1. The van der Waals surface area contributed by atoms with E-state index in [1.165, 1.54) is 0 Å². The fraction of sp³-hybridized carbons (Fsp3) is 0.800. The van der Waals surface area contributed by atoms with Gasteiger partial charge >= 0.3 is 0 Å². The molecule has 6 nitrogen and oxygen atoms in total. The van der Waals surface area contributed by atoms with Crippen LogP contribution in [0, 0.1) is 0 Å². The normalized spacial score (nSPS) is 18.7. The molecule has 0 amide bonds. The smallest absolute Gasteiger partial charge is 0.265 e. The number of aromatic amines is 1. The quantitative estimate of drug-likeness (QED) is 0.521. The highest BCUT2D eigenvalue weighted by Crippen LogP contribution is 2.02. The van der Waals surface area contributed by atoms with Gasteiger partial charge in [-0.05, 0) is 5.21 Å². The lowest BCUT2D eigenvalue weighted by Crippen LogP contribution is -2.44. The molecule has 0 spiro atoms. The van der Waals surface area contributed by atoms with Crippen LogP contribution in [0.3, 0.4) is 0 Å². The topological polar surface area (TPSA) is 69.7 Å². The van der Waals surface area contributed by atoms with Gasteiger partial charge in [0.1, 0.15) is 0 Å². The van der Waals surface area contributed by atoms with Crippen molar-refractivity contribution >= 4 is 5.95 Å². The van der Waals surface area contributed by atoms with Crippen LogP contribution in [-0.4, -0.2) is 46.8 Å². The average molecular weight is 154 g/mol. The molecule has 0 unspecified atom stereocenters. The fourth-order valence-electron chi connectivity index (χ4n) is 1.16. The Labute approximate surface area is 64.0 Å². The number of nitrogens with zero attached hydrogens (tertiary/aromatic N) is 4. The van der Waals surface area contributed by atoms with Crippen molar-refractivity contribution in [2.45, 2.75) is 0 Å². The molecule has 0 atom stereocenters. The van der Waals surface area contributed by atoms with Crippen molar-refractivity contribution in [1.29, 1.82) is 0 Å². The Kier molecular flexibility index (Phi) is 1.68. The van der Waals surface area contributed by atoms with Gasteiger partial charge in [-0.3, -0.25) is 0 Å². The standard InChI is InChI=1S/C5H10N6/c1-3-11(4-2-6-1)5-7-9-10-8-5/h6H,1-4H2,(H,7,8,9,10). The number of hydrogen-bond donors (Lipinski definition) is 2. The third-order valence-corrected chi connectivity index (χ3v) is 1.73. The number of rotatable bonds is 1. The molecular formula is C5H10N6. The van der Waals surface area contributed by atoms with Gasteiger partial charge in [0.05, 0.1) is 0 Å². The molecule has 2 N–H and O–H groups in total. The van der Waals surface area contributed by atoms with Gasteiger partial charge in [-0.15, -0.1) is 5.10 Å². The van der Waals surface area contributed by atoms with Crippen LogP contribution < -0.4 is 10.2 Å². The van der Waals surface area contributed by atoms with Gasteiger partial charge in [-0.1, -0.05) is 5.10 Å². The maximum absolute atomic E-state index is 3.89. The highest BCUT2D eigenvalue weighted by Gasteiger charge is 2.12. The summed E-state index contributed by atoms with van der Waals surface area (Å²) >= 11 is 0. The van der Waals surface area contributed by atoms with Crippen molar-refractivity contribution in [3.8, 4) is 0 Å². The lowest BCUT2D eigenvalue weighted by atomic mass is 10.4. The molecule has 1 aliphatic rings. The summed E-state index contributed by atoms with van der Waals surface area (Å²) in [5.74, 6) is 0.700. The minimum Gasteiger partial charge on any atom is -0.336 e. The minimum absolute atomic E-state index is 0.700. The van der Waals surface area contributed by atoms with Gasteiger partial charge in [0.2, 0.25) is 0 Å². The predicted octanol–water partition coefficient (Wildman–Crippen LogP) is -1.39. The van der Waals surface area contributed by atoms with Gasteiger partial charge in [-0.2, -0.15) is 5.21 Å². The third-order valence-electron chi connectivity index (χ3n) is 1.73. The fourth-order valence-corrected chi connectivity index (χ4v) is 1.16. The summed E-state index contributed by atoms with van der Waals surface area (Å²) in [4.78, 5) is 2.10. The highest BCUT2D eigenvalue weighted by molar-refractivity contribution is 5.26. The minimum atomic E-state index is 0.700. The molecule has 0 aromatic carbocycles. The largest absolute Gasteiger partial charge is 0.336 e. The molecule has 1 aliphatic heterocycles. The van der Waals surface area contributed by atoms with Crippen LogP contribution in [-0.2, 0) is 0 Å². The summed E-state index contributed by atoms with van der Waals surface area (Å²) < 4.78 is 0. The Bertz CT molecular complexity index is 201. The number of hydrogen-bond acceptors (Lipinski definition) is 5. The van der Waals surface area contributed by atoms with Gasteiger partial charge in [-0.25, -0.2) is 0 Å². The van der Waals surface area contributed by atoms with Crippen LogP contribution in [0.15, 0.2) is 0 Å². The number of aromatic nitrogens is 4. The summed E-state index contributed by atoms with van der Waals surface area (Å²) in [5.41, 5.74) is 0. The molecule has 2 rings (SSSR count). The summed E-state index contributed by atoms with van der Waals surface area (Å²) in [6.45, 7) is 3.90. The van der Waals surface area contributed by atoms with Crippen LogP contribution in [0.2, 0.25) is 0 Å². The zero-order valence-corrected chi connectivity index (χ0v) is 6.12. The maximum Gasteiger partial charge on any atom is 0.265 e. The van der Waals surface area contributed by atoms with Crippen LogP contribution >= 0.6 is 0 Å². The predicted molar refractivity (Wildman–Crippen MR) is 39.3 cm³/mol. The third kappa shape index (κ3) is 1.30. The monoisotopic (exact) mass is 154 g/mol. The van der Waals surface area contributed by atoms with Gasteiger partial charge in [0, 0.05) is 26.2 Å². The Morgan fingerprint density at radius 3 is 2.73 bits per heavy atom. The van der Waals surface area contributed by atoms with Crippen LogP contribution in [0.4, 0.5) is 5.95 Å². The summed E-state index contributed by atoms with van der Waals surface area (Å²) in [5, 5.41) is 17.0. The second-order valence-electron chi connectivity index (χ2n) is 2.45. The highest BCUT2D eigenvalue weighted by atomic mass is 15.5.